The molecule has 1 unspecified atom stereocenters. The van der Waals surface area contributed by atoms with E-state index in [4.69, 9.17) is 10.00 Å². The van der Waals surface area contributed by atoms with Gasteiger partial charge in [0, 0.05) is 0 Å². The number of hydrogen-bond donors (Lipinski definition) is 0. The Hall–Kier alpha value is -1.60. The van der Waals surface area contributed by atoms with Crippen molar-refractivity contribution in [3.8, 4) is 6.07 Å². The van der Waals surface area contributed by atoms with Crippen molar-refractivity contribution in [2.45, 2.75) is 25.9 Å². The predicted molar refractivity (Wildman–Crippen MR) is 61.6 cm³/mol. The zero-order valence-electron chi connectivity index (χ0n) is 9.11. The maximum Gasteiger partial charge on any atom is 0.220 e. The van der Waals surface area contributed by atoms with E-state index in [9.17, 15) is 4.79 Å². The summed E-state index contributed by atoms with van der Waals surface area (Å²) < 4.78 is 5.68. The van der Waals surface area contributed by atoms with E-state index < -0.39 is 5.60 Å². The van der Waals surface area contributed by atoms with Gasteiger partial charge in [0.25, 0.3) is 0 Å². The molecule has 16 heavy (non-hydrogen) atoms. The van der Waals surface area contributed by atoms with Crippen molar-refractivity contribution in [2.24, 2.45) is 0 Å². The van der Waals surface area contributed by atoms with E-state index in [0.717, 1.165) is 4.88 Å². The van der Waals surface area contributed by atoms with Crippen molar-refractivity contribution in [1.82, 2.24) is 0 Å². The average molecular weight is 233 g/mol. The molecule has 1 atom stereocenters. The van der Waals surface area contributed by atoms with E-state index in [1.165, 1.54) is 11.3 Å². The molecular formula is C12H11NO2S. The zero-order valence-corrected chi connectivity index (χ0v) is 9.93. The first-order valence-electron chi connectivity index (χ1n) is 5.04. The molecule has 1 aliphatic rings. The first-order chi connectivity index (χ1) is 7.62. The number of thiophene rings is 1. The van der Waals surface area contributed by atoms with E-state index in [-0.39, 0.29) is 11.4 Å². The van der Waals surface area contributed by atoms with Crippen LogP contribution in [0.3, 0.4) is 0 Å². The van der Waals surface area contributed by atoms with Gasteiger partial charge in [0.15, 0.2) is 11.4 Å². The molecule has 1 aliphatic heterocycles. The highest BCUT2D eigenvalue weighted by Gasteiger charge is 2.45. The molecule has 0 radical (unpaired) electrons. The average Bonchev–Trinajstić information content (AvgIpc) is 2.88. The number of carbonyl (C=O) groups excluding carboxylic acids is 1. The fraction of sp³-hybridized carbons (Fsp3) is 0.333. The van der Waals surface area contributed by atoms with Crippen molar-refractivity contribution in [1.29, 1.82) is 5.26 Å². The maximum absolute atomic E-state index is 12.0. The molecular weight excluding hydrogens is 222 g/mol. The monoisotopic (exact) mass is 233 g/mol. The van der Waals surface area contributed by atoms with Crippen LogP contribution >= 0.6 is 11.3 Å². The smallest absolute Gasteiger partial charge is 0.220 e. The van der Waals surface area contributed by atoms with Crippen LogP contribution in [0.25, 0.3) is 5.76 Å². The number of carbonyl (C=O) groups is 1. The van der Waals surface area contributed by atoms with Gasteiger partial charge in [-0.2, -0.15) is 5.26 Å². The molecule has 0 aromatic carbocycles. The molecule has 0 aliphatic carbocycles. The second-order valence-electron chi connectivity index (χ2n) is 3.81. The Labute approximate surface area is 98.0 Å². The first kappa shape index (κ1) is 10.9. The minimum atomic E-state index is -0.871. The highest BCUT2D eigenvalue weighted by Crippen LogP contribution is 2.39. The molecule has 4 heteroatoms. The van der Waals surface area contributed by atoms with Crippen LogP contribution in [-0.2, 0) is 9.53 Å². The predicted octanol–water partition coefficient (Wildman–Crippen LogP) is 2.75. The molecule has 1 aromatic rings. The number of rotatable bonds is 2. The molecule has 1 aromatic heterocycles. The summed E-state index contributed by atoms with van der Waals surface area (Å²) in [6.45, 7) is 3.61. The molecule has 0 saturated heterocycles. The zero-order chi connectivity index (χ0) is 11.8. The number of nitriles is 1. The molecule has 0 N–H and O–H groups in total. The quantitative estimate of drug-likeness (QED) is 0.789. The van der Waals surface area contributed by atoms with E-state index in [1.54, 1.807) is 6.92 Å². The Morgan fingerprint density at radius 3 is 2.88 bits per heavy atom. The lowest BCUT2D eigenvalue weighted by molar-refractivity contribution is -0.127. The van der Waals surface area contributed by atoms with E-state index in [0.29, 0.717) is 12.2 Å². The van der Waals surface area contributed by atoms with E-state index in [2.05, 4.69) is 0 Å². The van der Waals surface area contributed by atoms with Crippen LogP contribution in [0.2, 0.25) is 0 Å². The van der Waals surface area contributed by atoms with Gasteiger partial charge in [-0.15, -0.1) is 11.3 Å². The third-order valence-corrected chi connectivity index (χ3v) is 3.66. The third-order valence-electron chi connectivity index (χ3n) is 2.79. The molecule has 0 saturated carbocycles. The summed E-state index contributed by atoms with van der Waals surface area (Å²) in [7, 11) is 0. The first-order valence-corrected chi connectivity index (χ1v) is 5.92. The minimum absolute atomic E-state index is 0.145. The molecule has 0 bridgehead atoms. The Balaban J connectivity index is 2.50. The van der Waals surface area contributed by atoms with Gasteiger partial charge in [-0.3, -0.25) is 4.79 Å². The van der Waals surface area contributed by atoms with Crippen molar-refractivity contribution in [3.63, 3.8) is 0 Å². The van der Waals surface area contributed by atoms with Crippen LogP contribution in [0.15, 0.2) is 23.1 Å². The summed E-state index contributed by atoms with van der Waals surface area (Å²) in [6.07, 6.45) is 0.561. The Morgan fingerprint density at radius 1 is 1.62 bits per heavy atom. The second kappa shape index (κ2) is 3.76. The third kappa shape index (κ3) is 1.44. The van der Waals surface area contributed by atoms with E-state index >= 15 is 0 Å². The van der Waals surface area contributed by atoms with Crippen molar-refractivity contribution in [3.05, 3.63) is 28.0 Å². The lowest BCUT2D eigenvalue weighted by atomic mass is 9.95. The molecule has 82 valence electrons. The van der Waals surface area contributed by atoms with Crippen LogP contribution < -0.4 is 0 Å². The number of ether oxygens (including phenoxy) is 1. The van der Waals surface area contributed by atoms with Gasteiger partial charge in [0.1, 0.15) is 11.6 Å². The Morgan fingerprint density at radius 2 is 2.38 bits per heavy atom. The van der Waals surface area contributed by atoms with Gasteiger partial charge in [0.2, 0.25) is 5.78 Å². The molecule has 0 amide bonds. The van der Waals surface area contributed by atoms with Crippen LogP contribution in [0.4, 0.5) is 0 Å². The Bertz CT molecular complexity index is 496. The van der Waals surface area contributed by atoms with Crippen molar-refractivity contribution >= 4 is 22.9 Å². The normalized spacial score (nSPS) is 24.4. The SMILES string of the molecule is CCC1(C)OC(c2cccs2)=C(C#N)C1=O. The molecule has 3 nitrogen and oxygen atoms in total. The Kier molecular flexibility index (Phi) is 2.56. The van der Waals surface area contributed by atoms with Gasteiger partial charge in [-0.25, -0.2) is 0 Å². The fourth-order valence-electron chi connectivity index (χ4n) is 1.61. The highest BCUT2D eigenvalue weighted by molar-refractivity contribution is 7.11. The van der Waals surface area contributed by atoms with Gasteiger partial charge in [-0.05, 0) is 24.8 Å². The largest absolute Gasteiger partial charge is 0.476 e. The van der Waals surface area contributed by atoms with Crippen molar-refractivity contribution in [2.75, 3.05) is 0 Å². The molecule has 0 fully saturated rings. The summed E-state index contributed by atoms with van der Waals surface area (Å²) in [5.74, 6) is 0.229. The fourth-order valence-corrected chi connectivity index (χ4v) is 2.32. The number of ketones is 1. The van der Waals surface area contributed by atoms with Crippen LogP contribution in [-0.4, -0.2) is 11.4 Å². The summed E-state index contributed by atoms with van der Waals surface area (Å²) in [5, 5.41) is 10.9. The van der Waals surface area contributed by atoms with Gasteiger partial charge in [-0.1, -0.05) is 13.0 Å². The van der Waals surface area contributed by atoms with E-state index in [1.807, 2.05) is 30.5 Å². The summed E-state index contributed by atoms with van der Waals surface area (Å²) in [6, 6.07) is 5.68. The highest BCUT2D eigenvalue weighted by atomic mass is 32.1. The van der Waals surface area contributed by atoms with Crippen LogP contribution in [0, 0.1) is 11.3 Å². The summed E-state index contributed by atoms with van der Waals surface area (Å²) in [5.41, 5.74) is -0.725. The maximum atomic E-state index is 12.0. The second-order valence-corrected chi connectivity index (χ2v) is 4.76. The molecule has 2 heterocycles. The van der Waals surface area contributed by atoms with Gasteiger partial charge >= 0.3 is 0 Å². The number of Topliss-reactive ketones (excluding diaryl/α,β-unsaturated/α-hetero) is 1. The summed E-state index contributed by atoms with van der Waals surface area (Å²) in [4.78, 5) is 12.8. The summed E-state index contributed by atoms with van der Waals surface area (Å²) >= 11 is 1.47. The lowest BCUT2D eigenvalue weighted by Gasteiger charge is -2.21. The van der Waals surface area contributed by atoms with Gasteiger partial charge in [0.05, 0.1) is 4.88 Å². The number of hydrogen-bond acceptors (Lipinski definition) is 4. The van der Waals surface area contributed by atoms with Crippen LogP contribution in [0.5, 0.6) is 0 Å². The van der Waals surface area contributed by atoms with Gasteiger partial charge < -0.3 is 4.74 Å². The molecule has 0 spiro atoms. The lowest BCUT2D eigenvalue weighted by Crippen LogP contribution is -2.32. The topological polar surface area (TPSA) is 50.1 Å². The minimum Gasteiger partial charge on any atom is -0.476 e. The standard InChI is InChI=1S/C12H11NO2S/c1-3-12(2)11(14)8(7-13)10(15-12)9-5-4-6-16-9/h4-6H,3H2,1-2H3. The molecule has 2 rings (SSSR count). The van der Waals surface area contributed by atoms with Crippen molar-refractivity contribution < 1.29 is 9.53 Å². The number of nitrogens with zero attached hydrogens (tertiary/aromatic N) is 1. The van der Waals surface area contributed by atoms with Crippen LogP contribution in [0.1, 0.15) is 25.1 Å².